The number of likely N-dealkylation sites (N-methyl/N-ethyl adjacent to an activating group) is 1. The maximum absolute atomic E-state index is 4.35. The fourth-order valence-corrected chi connectivity index (χ4v) is 2.86. The van der Waals surface area contributed by atoms with Crippen LogP contribution >= 0.6 is 0 Å². The van der Waals surface area contributed by atoms with Crippen LogP contribution < -0.4 is 5.32 Å². The molecule has 1 aromatic rings. The first-order chi connectivity index (χ1) is 7.83. The molecule has 0 spiro atoms. The third-order valence-electron chi connectivity index (χ3n) is 3.67. The number of aryl methyl sites for hydroxylation is 1. The quantitative estimate of drug-likeness (QED) is 0.795. The number of rotatable bonds is 3. The van der Waals surface area contributed by atoms with E-state index in [1.54, 1.807) is 0 Å². The minimum atomic E-state index is 0.602. The van der Waals surface area contributed by atoms with Gasteiger partial charge in [-0.05, 0) is 26.3 Å². The number of hydrogen-bond donors (Lipinski definition) is 1. The summed E-state index contributed by atoms with van der Waals surface area (Å²) in [4.78, 5) is 4.35. The van der Waals surface area contributed by atoms with Crippen LogP contribution in [0.1, 0.15) is 50.9 Å². The molecule has 3 nitrogen and oxygen atoms in total. The Hall–Kier alpha value is -0.830. The van der Waals surface area contributed by atoms with Gasteiger partial charge in [-0.15, -0.1) is 0 Å². The number of imidazole rings is 1. The highest BCUT2D eigenvalue weighted by molar-refractivity contribution is 4.96. The standard InChI is InChI=1S/C13H23N3/c1-3-14-12-7-5-4-6-8-13(12)16-10-9-15-11(16)2/h9-10,12-14H,3-8H2,1-2H3. The van der Waals surface area contributed by atoms with Crippen molar-refractivity contribution >= 4 is 0 Å². The van der Waals surface area contributed by atoms with E-state index in [0.717, 1.165) is 12.4 Å². The second-order valence-corrected chi connectivity index (χ2v) is 4.75. The van der Waals surface area contributed by atoms with E-state index in [2.05, 4.69) is 34.9 Å². The van der Waals surface area contributed by atoms with E-state index in [0.29, 0.717) is 12.1 Å². The second-order valence-electron chi connectivity index (χ2n) is 4.75. The Morgan fingerprint density at radius 3 is 2.88 bits per heavy atom. The molecule has 1 aromatic heterocycles. The summed E-state index contributed by atoms with van der Waals surface area (Å²) in [5, 5.41) is 3.64. The van der Waals surface area contributed by atoms with Gasteiger partial charge in [0.25, 0.3) is 0 Å². The number of nitrogens with one attached hydrogen (secondary N) is 1. The molecule has 1 heterocycles. The van der Waals surface area contributed by atoms with Crippen LogP contribution in [0, 0.1) is 6.92 Å². The lowest BCUT2D eigenvalue weighted by Crippen LogP contribution is -2.37. The van der Waals surface area contributed by atoms with E-state index >= 15 is 0 Å². The summed E-state index contributed by atoms with van der Waals surface area (Å²) in [5.74, 6) is 1.15. The van der Waals surface area contributed by atoms with Gasteiger partial charge in [-0.25, -0.2) is 4.98 Å². The van der Waals surface area contributed by atoms with E-state index in [1.165, 1.54) is 32.1 Å². The van der Waals surface area contributed by atoms with Crippen LogP contribution in [0.5, 0.6) is 0 Å². The highest BCUT2D eigenvalue weighted by Crippen LogP contribution is 2.28. The van der Waals surface area contributed by atoms with Crippen LogP contribution in [0.4, 0.5) is 0 Å². The highest BCUT2D eigenvalue weighted by Gasteiger charge is 2.24. The zero-order valence-corrected chi connectivity index (χ0v) is 10.4. The molecular weight excluding hydrogens is 198 g/mol. The molecule has 1 N–H and O–H groups in total. The molecule has 0 saturated heterocycles. The molecule has 3 heteroatoms. The van der Waals surface area contributed by atoms with Crippen molar-refractivity contribution in [2.45, 2.75) is 58.0 Å². The Balaban J connectivity index is 2.17. The Labute approximate surface area is 98.3 Å². The molecule has 0 aromatic carbocycles. The lowest BCUT2D eigenvalue weighted by Gasteiger charge is -2.28. The van der Waals surface area contributed by atoms with E-state index in [9.17, 15) is 0 Å². The molecule has 2 rings (SSSR count). The zero-order valence-electron chi connectivity index (χ0n) is 10.4. The van der Waals surface area contributed by atoms with Gasteiger partial charge in [0.05, 0.1) is 6.04 Å². The molecular formula is C13H23N3. The number of nitrogens with zero attached hydrogens (tertiary/aromatic N) is 2. The molecule has 1 aliphatic carbocycles. The molecule has 0 bridgehead atoms. The van der Waals surface area contributed by atoms with Crippen LogP contribution in [0.25, 0.3) is 0 Å². The molecule has 2 atom stereocenters. The SMILES string of the molecule is CCNC1CCCCCC1n1ccnc1C. The molecule has 1 fully saturated rings. The molecule has 0 radical (unpaired) electrons. The monoisotopic (exact) mass is 221 g/mol. The lowest BCUT2D eigenvalue weighted by molar-refractivity contribution is 0.331. The van der Waals surface area contributed by atoms with Crippen LogP contribution in [0.15, 0.2) is 12.4 Å². The first-order valence-corrected chi connectivity index (χ1v) is 6.55. The van der Waals surface area contributed by atoms with Gasteiger partial charge < -0.3 is 9.88 Å². The minimum Gasteiger partial charge on any atom is -0.331 e. The smallest absolute Gasteiger partial charge is 0.105 e. The Morgan fingerprint density at radius 2 is 2.19 bits per heavy atom. The van der Waals surface area contributed by atoms with Crippen LogP contribution in [-0.2, 0) is 0 Å². The molecule has 90 valence electrons. The van der Waals surface area contributed by atoms with Crippen LogP contribution in [0.2, 0.25) is 0 Å². The number of hydrogen-bond acceptors (Lipinski definition) is 2. The molecule has 2 unspecified atom stereocenters. The highest BCUT2D eigenvalue weighted by atomic mass is 15.1. The molecule has 1 saturated carbocycles. The Morgan fingerprint density at radius 1 is 1.38 bits per heavy atom. The van der Waals surface area contributed by atoms with Crippen molar-refractivity contribution in [3.05, 3.63) is 18.2 Å². The normalized spacial score (nSPS) is 26.6. The average molecular weight is 221 g/mol. The van der Waals surface area contributed by atoms with E-state index in [-0.39, 0.29) is 0 Å². The van der Waals surface area contributed by atoms with Crippen molar-refractivity contribution in [3.63, 3.8) is 0 Å². The summed E-state index contributed by atoms with van der Waals surface area (Å²) >= 11 is 0. The van der Waals surface area contributed by atoms with Gasteiger partial charge in [-0.3, -0.25) is 0 Å². The van der Waals surface area contributed by atoms with Crippen molar-refractivity contribution in [1.82, 2.24) is 14.9 Å². The van der Waals surface area contributed by atoms with Crippen LogP contribution in [-0.4, -0.2) is 22.1 Å². The molecule has 16 heavy (non-hydrogen) atoms. The van der Waals surface area contributed by atoms with Gasteiger partial charge >= 0.3 is 0 Å². The molecule has 0 aliphatic heterocycles. The van der Waals surface area contributed by atoms with E-state index in [4.69, 9.17) is 0 Å². The number of aromatic nitrogens is 2. The van der Waals surface area contributed by atoms with Crippen molar-refractivity contribution in [2.24, 2.45) is 0 Å². The minimum absolute atomic E-state index is 0.602. The Kier molecular flexibility index (Phi) is 3.99. The fourth-order valence-electron chi connectivity index (χ4n) is 2.86. The summed E-state index contributed by atoms with van der Waals surface area (Å²) in [7, 11) is 0. The van der Waals surface area contributed by atoms with Crippen LogP contribution in [0.3, 0.4) is 0 Å². The summed E-state index contributed by atoms with van der Waals surface area (Å²) in [6.45, 7) is 5.37. The summed E-state index contributed by atoms with van der Waals surface area (Å²) in [6, 6.07) is 1.23. The molecule has 1 aliphatic rings. The van der Waals surface area contributed by atoms with Gasteiger partial charge in [-0.2, -0.15) is 0 Å². The van der Waals surface area contributed by atoms with Gasteiger partial charge in [0.15, 0.2) is 0 Å². The average Bonchev–Trinajstić information content (AvgIpc) is 2.56. The van der Waals surface area contributed by atoms with Crippen molar-refractivity contribution in [2.75, 3.05) is 6.54 Å². The molecule has 0 amide bonds. The van der Waals surface area contributed by atoms with Gasteiger partial charge in [0.2, 0.25) is 0 Å². The Bertz CT molecular complexity index is 319. The third kappa shape index (κ3) is 2.46. The van der Waals surface area contributed by atoms with Gasteiger partial charge in [-0.1, -0.05) is 26.2 Å². The summed E-state index contributed by atoms with van der Waals surface area (Å²) < 4.78 is 2.36. The topological polar surface area (TPSA) is 29.9 Å². The predicted octanol–water partition coefficient (Wildman–Crippen LogP) is 2.67. The van der Waals surface area contributed by atoms with Crippen molar-refractivity contribution in [1.29, 1.82) is 0 Å². The lowest BCUT2D eigenvalue weighted by atomic mass is 10.0. The predicted molar refractivity (Wildman–Crippen MR) is 66.6 cm³/mol. The first kappa shape index (κ1) is 11.6. The fraction of sp³-hybridized carbons (Fsp3) is 0.769. The van der Waals surface area contributed by atoms with Gasteiger partial charge in [0, 0.05) is 18.4 Å². The second kappa shape index (κ2) is 5.48. The largest absolute Gasteiger partial charge is 0.331 e. The third-order valence-corrected chi connectivity index (χ3v) is 3.67. The summed E-state index contributed by atoms with van der Waals surface area (Å²) in [5.41, 5.74) is 0. The van der Waals surface area contributed by atoms with E-state index < -0.39 is 0 Å². The zero-order chi connectivity index (χ0) is 11.4. The maximum Gasteiger partial charge on any atom is 0.105 e. The summed E-state index contributed by atoms with van der Waals surface area (Å²) in [6.07, 6.45) is 10.7. The van der Waals surface area contributed by atoms with Crippen molar-refractivity contribution < 1.29 is 0 Å². The van der Waals surface area contributed by atoms with E-state index in [1.807, 2.05) is 6.20 Å². The van der Waals surface area contributed by atoms with Gasteiger partial charge in [0.1, 0.15) is 5.82 Å². The maximum atomic E-state index is 4.35. The van der Waals surface area contributed by atoms with Crippen molar-refractivity contribution in [3.8, 4) is 0 Å². The first-order valence-electron chi connectivity index (χ1n) is 6.55.